The third-order valence-corrected chi connectivity index (χ3v) is 6.26. The zero-order valence-corrected chi connectivity index (χ0v) is 20.5. The van der Waals surface area contributed by atoms with Crippen molar-refractivity contribution in [3.63, 3.8) is 0 Å². The number of benzene rings is 3. The van der Waals surface area contributed by atoms with Gasteiger partial charge in [0.15, 0.2) is 5.82 Å². The molecule has 12 heteroatoms. The second-order valence-corrected chi connectivity index (χ2v) is 8.51. The zero-order valence-electron chi connectivity index (χ0n) is 20.5. The van der Waals surface area contributed by atoms with Gasteiger partial charge in [-0.15, -0.1) is 0 Å². The van der Waals surface area contributed by atoms with Gasteiger partial charge in [0, 0.05) is 16.5 Å². The molecule has 3 aromatic carbocycles. The largest absolute Gasteiger partial charge is 0.465 e. The number of aryl methyl sites for hydroxylation is 1. The molecule has 0 aliphatic carbocycles. The highest BCUT2D eigenvalue weighted by Gasteiger charge is 2.37. The van der Waals surface area contributed by atoms with Crippen molar-refractivity contribution in [1.82, 2.24) is 25.0 Å². The van der Waals surface area contributed by atoms with Crippen LogP contribution in [-0.4, -0.2) is 43.9 Å². The Morgan fingerprint density at radius 2 is 1.87 bits per heavy atom. The Labute approximate surface area is 218 Å². The van der Waals surface area contributed by atoms with Crippen molar-refractivity contribution >= 4 is 22.8 Å². The predicted octanol–water partition coefficient (Wildman–Crippen LogP) is 5.68. The SMILES string of the molecule is CCc1cccc(C(F)(F)F)c1C(=O)n1nc(-c2ccc(C(=O)OC)cc2F)c2ccc(-c3ncn[nH]3)cc21. The molecule has 8 nitrogen and oxygen atoms in total. The van der Waals surface area contributed by atoms with Gasteiger partial charge in [-0.2, -0.15) is 28.1 Å². The highest BCUT2D eigenvalue weighted by Crippen LogP contribution is 2.37. The highest BCUT2D eigenvalue weighted by molar-refractivity contribution is 6.07. The molecule has 0 atom stereocenters. The maximum Gasteiger partial charge on any atom is 0.417 e. The van der Waals surface area contributed by atoms with Crippen LogP contribution in [0.2, 0.25) is 0 Å². The Balaban J connectivity index is 1.77. The molecule has 0 amide bonds. The second-order valence-electron chi connectivity index (χ2n) is 8.51. The lowest BCUT2D eigenvalue weighted by Crippen LogP contribution is -2.21. The normalized spacial score (nSPS) is 11.6. The van der Waals surface area contributed by atoms with Gasteiger partial charge >= 0.3 is 12.1 Å². The number of halogens is 4. The molecular weight excluding hydrogens is 518 g/mol. The van der Waals surface area contributed by atoms with Gasteiger partial charge in [0.1, 0.15) is 17.8 Å². The van der Waals surface area contributed by atoms with E-state index in [0.717, 1.165) is 23.9 Å². The molecule has 0 unspecified atom stereocenters. The number of aromatic amines is 1. The van der Waals surface area contributed by atoms with Gasteiger partial charge in [0.05, 0.1) is 29.3 Å². The van der Waals surface area contributed by atoms with Gasteiger partial charge in [-0.25, -0.2) is 14.2 Å². The average Bonchev–Trinajstić information content (AvgIpc) is 3.59. The molecule has 0 aliphatic heterocycles. The fourth-order valence-electron chi connectivity index (χ4n) is 4.40. The minimum Gasteiger partial charge on any atom is -0.465 e. The minimum absolute atomic E-state index is 0.000996. The van der Waals surface area contributed by atoms with Crippen LogP contribution in [0, 0.1) is 5.82 Å². The summed E-state index contributed by atoms with van der Waals surface area (Å²) >= 11 is 0. The lowest BCUT2D eigenvalue weighted by atomic mass is 9.98. The molecule has 0 radical (unpaired) electrons. The summed E-state index contributed by atoms with van der Waals surface area (Å²) in [6, 6.07) is 11.8. The number of esters is 1. The summed E-state index contributed by atoms with van der Waals surface area (Å²) in [4.78, 5) is 29.7. The van der Waals surface area contributed by atoms with Gasteiger partial charge in [-0.3, -0.25) is 9.89 Å². The number of nitrogens with zero attached hydrogens (tertiary/aromatic N) is 4. The first-order chi connectivity index (χ1) is 18.6. The lowest BCUT2D eigenvalue weighted by molar-refractivity contribution is -0.138. The maximum absolute atomic E-state index is 15.2. The molecule has 1 N–H and O–H groups in total. The molecule has 0 fully saturated rings. The van der Waals surface area contributed by atoms with Crippen LogP contribution in [0.25, 0.3) is 33.5 Å². The van der Waals surface area contributed by atoms with E-state index in [9.17, 15) is 22.8 Å². The number of rotatable bonds is 5. The third-order valence-electron chi connectivity index (χ3n) is 6.26. The third kappa shape index (κ3) is 4.54. The number of carbonyl (C=O) groups excluding carboxylic acids is 2. The molecule has 2 aromatic heterocycles. The van der Waals surface area contributed by atoms with E-state index < -0.39 is 35.0 Å². The van der Waals surface area contributed by atoms with Crippen molar-refractivity contribution in [3.05, 3.63) is 89.0 Å². The van der Waals surface area contributed by atoms with Crippen LogP contribution in [-0.2, 0) is 17.3 Å². The van der Waals surface area contributed by atoms with Crippen LogP contribution in [0.3, 0.4) is 0 Å². The smallest absolute Gasteiger partial charge is 0.417 e. The van der Waals surface area contributed by atoms with Gasteiger partial charge in [-0.1, -0.05) is 25.1 Å². The van der Waals surface area contributed by atoms with Crippen LogP contribution < -0.4 is 0 Å². The summed E-state index contributed by atoms with van der Waals surface area (Å²) in [6.45, 7) is 1.64. The Morgan fingerprint density at radius 3 is 2.51 bits per heavy atom. The Bertz CT molecular complexity index is 1730. The Kier molecular flexibility index (Phi) is 6.46. The number of hydrogen-bond acceptors (Lipinski definition) is 6. The van der Waals surface area contributed by atoms with Crippen molar-refractivity contribution in [2.24, 2.45) is 0 Å². The van der Waals surface area contributed by atoms with Crippen LogP contribution in [0.5, 0.6) is 0 Å². The van der Waals surface area contributed by atoms with Gasteiger partial charge < -0.3 is 4.74 Å². The summed E-state index contributed by atoms with van der Waals surface area (Å²) in [7, 11) is 1.16. The minimum atomic E-state index is -4.80. The van der Waals surface area contributed by atoms with Crippen LogP contribution in [0.1, 0.15) is 38.8 Å². The number of hydrogen-bond donors (Lipinski definition) is 1. The molecule has 198 valence electrons. The number of methoxy groups -OCH3 is 1. The molecule has 39 heavy (non-hydrogen) atoms. The summed E-state index contributed by atoms with van der Waals surface area (Å²) in [5, 5.41) is 11.1. The molecule has 2 heterocycles. The number of alkyl halides is 3. The lowest BCUT2D eigenvalue weighted by Gasteiger charge is -2.15. The topological polar surface area (TPSA) is 103 Å². The quantitative estimate of drug-likeness (QED) is 0.229. The van der Waals surface area contributed by atoms with E-state index >= 15 is 4.39 Å². The summed E-state index contributed by atoms with van der Waals surface area (Å²) in [5.41, 5.74) is -0.975. The van der Waals surface area contributed by atoms with E-state index in [1.807, 2.05) is 0 Å². The van der Waals surface area contributed by atoms with Crippen molar-refractivity contribution in [1.29, 1.82) is 0 Å². The van der Waals surface area contributed by atoms with E-state index in [2.05, 4.69) is 25.0 Å². The van der Waals surface area contributed by atoms with Crippen molar-refractivity contribution in [3.8, 4) is 22.6 Å². The van der Waals surface area contributed by atoms with Crippen molar-refractivity contribution < 1.29 is 31.9 Å². The van der Waals surface area contributed by atoms with Gasteiger partial charge in [0.2, 0.25) is 0 Å². The number of nitrogens with one attached hydrogen (secondary N) is 1. The first-order valence-electron chi connectivity index (χ1n) is 11.6. The van der Waals surface area contributed by atoms with E-state index in [-0.39, 0.29) is 34.3 Å². The summed E-state index contributed by atoms with van der Waals surface area (Å²) in [5.74, 6) is -2.27. The fraction of sp³-hybridized carbons (Fsp3) is 0.148. The molecule has 0 aliphatic rings. The zero-order chi connectivity index (χ0) is 27.9. The van der Waals surface area contributed by atoms with Crippen LogP contribution in [0.4, 0.5) is 17.6 Å². The monoisotopic (exact) mass is 537 g/mol. The molecule has 0 bridgehead atoms. The first-order valence-corrected chi connectivity index (χ1v) is 11.6. The maximum atomic E-state index is 15.2. The predicted molar refractivity (Wildman–Crippen MR) is 132 cm³/mol. The summed E-state index contributed by atoms with van der Waals surface area (Å²) < 4.78 is 62.6. The average molecular weight is 537 g/mol. The standard InChI is InChI=1S/C27H19F4N5O3/c1-3-14-5-4-6-19(27(29,30)31)22(14)25(37)36-21-12-15(24-32-13-33-34-24)7-10-18(21)23(35-36)17-9-8-16(11-20(17)28)26(38)39-2/h4-13H,3H2,1-2H3,(H,32,33,34). The molecular formula is C27H19F4N5O3. The molecule has 0 spiro atoms. The highest BCUT2D eigenvalue weighted by atomic mass is 19.4. The summed E-state index contributed by atoms with van der Waals surface area (Å²) in [6.07, 6.45) is -3.37. The Morgan fingerprint density at radius 1 is 1.08 bits per heavy atom. The van der Waals surface area contributed by atoms with E-state index in [0.29, 0.717) is 16.8 Å². The number of aromatic nitrogens is 5. The number of fused-ring (bicyclic) bond motifs is 1. The van der Waals surface area contributed by atoms with E-state index in [1.165, 1.54) is 36.7 Å². The number of ether oxygens (including phenoxy) is 1. The number of carbonyl (C=O) groups is 2. The van der Waals surface area contributed by atoms with E-state index in [1.54, 1.807) is 19.1 Å². The van der Waals surface area contributed by atoms with Crippen molar-refractivity contribution in [2.75, 3.05) is 7.11 Å². The van der Waals surface area contributed by atoms with Gasteiger partial charge in [-0.05, 0) is 48.4 Å². The molecule has 0 saturated heterocycles. The number of H-pyrrole nitrogens is 1. The first kappa shape index (κ1) is 25.8. The molecule has 0 saturated carbocycles. The van der Waals surface area contributed by atoms with Gasteiger partial charge in [0.25, 0.3) is 5.91 Å². The van der Waals surface area contributed by atoms with Crippen molar-refractivity contribution in [2.45, 2.75) is 19.5 Å². The fourth-order valence-corrected chi connectivity index (χ4v) is 4.40. The Hall–Kier alpha value is -4.87. The van der Waals surface area contributed by atoms with Crippen LogP contribution >= 0.6 is 0 Å². The molecule has 5 aromatic rings. The second kappa shape index (κ2) is 9.78. The van der Waals surface area contributed by atoms with Crippen LogP contribution in [0.15, 0.2) is 60.9 Å². The van der Waals surface area contributed by atoms with E-state index in [4.69, 9.17) is 0 Å². The molecule has 5 rings (SSSR count).